The summed E-state index contributed by atoms with van der Waals surface area (Å²) in [6, 6.07) is 11.9. The number of nitriles is 1. The van der Waals surface area contributed by atoms with E-state index in [9.17, 15) is 14.7 Å². The van der Waals surface area contributed by atoms with Gasteiger partial charge in [0, 0.05) is 53.9 Å². The van der Waals surface area contributed by atoms with Gasteiger partial charge in [-0.25, -0.2) is 0 Å². The Bertz CT molecular complexity index is 1410. The monoisotopic (exact) mass is 519 g/mol. The molecular formula is C28H30ClN5O3. The lowest BCUT2D eigenvalue weighted by atomic mass is 9.73. The molecular weight excluding hydrogens is 490 g/mol. The lowest BCUT2D eigenvalue weighted by Crippen LogP contribution is -2.53. The fraction of sp³-hybridized carbons (Fsp3) is 0.429. The number of pyridine rings is 1. The van der Waals surface area contributed by atoms with E-state index in [1.165, 1.54) is 13.8 Å². The molecule has 0 radical (unpaired) electrons. The van der Waals surface area contributed by atoms with Crippen LogP contribution < -0.4 is 4.90 Å². The SMILES string of the molecule is CC(C)(O)C(=O)N1CCC2(CC1)C(=O)N(Cc1cc3cc(Cl)ccc3n1CCCC#N)c1cnccc12. The summed E-state index contributed by atoms with van der Waals surface area (Å²) in [5.74, 6) is -0.308. The first kappa shape index (κ1) is 25.2. The summed E-state index contributed by atoms with van der Waals surface area (Å²) in [4.78, 5) is 34.6. The third-order valence-electron chi connectivity index (χ3n) is 7.63. The van der Waals surface area contributed by atoms with Crippen molar-refractivity contribution < 1.29 is 14.7 Å². The van der Waals surface area contributed by atoms with Gasteiger partial charge in [0.2, 0.25) is 5.91 Å². The smallest absolute Gasteiger partial charge is 0.253 e. The summed E-state index contributed by atoms with van der Waals surface area (Å²) in [5, 5.41) is 20.9. The predicted octanol–water partition coefficient (Wildman–Crippen LogP) is 4.17. The average molecular weight is 520 g/mol. The molecule has 0 bridgehead atoms. The Morgan fingerprint density at radius 2 is 2.00 bits per heavy atom. The Hall–Kier alpha value is -3.41. The molecule has 4 heterocycles. The van der Waals surface area contributed by atoms with E-state index in [0.29, 0.717) is 56.9 Å². The normalized spacial score (nSPS) is 16.9. The molecule has 192 valence electrons. The maximum atomic E-state index is 14.1. The van der Waals surface area contributed by atoms with Crippen LogP contribution in [0.4, 0.5) is 5.69 Å². The van der Waals surface area contributed by atoms with Crippen LogP contribution in [0.5, 0.6) is 0 Å². The van der Waals surface area contributed by atoms with E-state index >= 15 is 0 Å². The molecule has 1 saturated heterocycles. The number of aliphatic hydroxyl groups is 1. The third-order valence-corrected chi connectivity index (χ3v) is 7.86. The zero-order valence-corrected chi connectivity index (χ0v) is 21.8. The molecule has 3 aromatic rings. The first-order valence-corrected chi connectivity index (χ1v) is 13.0. The lowest BCUT2D eigenvalue weighted by Gasteiger charge is -2.40. The van der Waals surface area contributed by atoms with Crippen LogP contribution in [0.25, 0.3) is 10.9 Å². The van der Waals surface area contributed by atoms with E-state index in [1.807, 2.05) is 29.2 Å². The summed E-state index contributed by atoms with van der Waals surface area (Å²) in [6.07, 6.45) is 5.59. The molecule has 8 nitrogen and oxygen atoms in total. The van der Waals surface area contributed by atoms with E-state index in [1.54, 1.807) is 17.3 Å². The van der Waals surface area contributed by atoms with Crippen LogP contribution in [0.2, 0.25) is 5.02 Å². The predicted molar refractivity (Wildman–Crippen MR) is 141 cm³/mol. The first-order valence-electron chi connectivity index (χ1n) is 12.6. The summed E-state index contributed by atoms with van der Waals surface area (Å²) in [7, 11) is 0. The standard InChI is InChI=1S/C28H30ClN5O3/c1-27(2,37)25(35)32-13-8-28(9-14-32)22-7-11-31-17-24(22)34(26(28)36)18-21-16-19-15-20(29)5-6-23(19)33(21)12-4-3-10-30/h5-7,11,15-17,37H,3-4,8-9,12-14,18H2,1-2H3. The van der Waals surface area contributed by atoms with Gasteiger partial charge in [0.05, 0.1) is 29.9 Å². The number of carbonyl (C=O) groups is 2. The minimum absolute atomic E-state index is 0.0118. The lowest BCUT2D eigenvalue weighted by molar-refractivity contribution is -0.150. The van der Waals surface area contributed by atoms with Crippen molar-refractivity contribution in [1.82, 2.24) is 14.5 Å². The van der Waals surface area contributed by atoms with Crippen LogP contribution in [0.15, 0.2) is 42.7 Å². The van der Waals surface area contributed by atoms with Crippen molar-refractivity contribution in [3.05, 3.63) is 59.0 Å². The fourth-order valence-corrected chi connectivity index (χ4v) is 5.96. The molecule has 1 N–H and O–H groups in total. The molecule has 0 saturated carbocycles. The molecule has 2 aromatic heterocycles. The highest BCUT2D eigenvalue weighted by Gasteiger charge is 2.53. The number of rotatable bonds is 6. The van der Waals surface area contributed by atoms with Crippen molar-refractivity contribution in [3.63, 3.8) is 0 Å². The van der Waals surface area contributed by atoms with Gasteiger partial charge in [0.1, 0.15) is 5.60 Å². The summed E-state index contributed by atoms with van der Waals surface area (Å²) >= 11 is 6.26. The first-order chi connectivity index (χ1) is 17.7. The fourth-order valence-electron chi connectivity index (χ4n) is 5.78. The van der Waals surface area contributed by atoms with Crippen LogP contribution >= 0.6 is 11.6 Å². The topological polar surface area (TPSA) is 102 Å². The molecule has 2 aliphatic heterocycles. The van der Waals surface area contributed by atoms with Crippen molar-refractivity contribution in [1.29, 1.82) is 5.26 Å². The van der Waals surface area contributed by atoms with Crippen LogP contribution in [-0.2, 0) is 28.1 Å². The quantitative estimate of drug-likeness (QED) is 0.492. The highest BCUT2D eigenvalue weighted by Crippen LogP contribution is 2.48. The van der Waals surface area contributed by atoms with Gasteiger partial charge >= 0.3 is 0 Å². The zero-order valence-electron chi connectivity index (χ0n) is 21.1. The zero-order chi connectivity index (χ0) is 26.4. The molecule has 5 rings (SSSR count). The second-order valence-electron chi connectivity index (χ2n) is 10.5. The third kappa shape index (κ3) is 4.36. The highest BCUT2D eigenvalue weighted by atomic mass is 35.5. The molecule has 9 heteroatoms. The molecule has 1 aromatic carbocycles. The number of likely N-dealkylation sites (tertiary alicyclic amines) is 1. The molecule has 0 unspecified atom stereocenters. The van der Waals surface area contributed by atoms with Gasteiger partial charge in [-0.2, -0.15) is 5.26 Å². The molecule has 0 atom stereocenters. The van der Waals surface area contributed by atoms with Crippen LogP contribution in [0, 0.1) is 11.3 Å². The Morgan fingerprint density at radius 3 is 2.70 bits per heavy atom. The van der Waals surface area contributed by atoms with Crippen molar-refractivity contribution in [3.8, 4) is 6.07 Å². The Kier molecular flexibility index (Phi) is 6.47. The van der Waals surface area contributed by atoms with Gasteiger partial charge in [-0.15, -0.1) is 0 Å². The van der Waals surface area contributed by atoms with E-state index < -0.39 is 11.0 Å². The minimum atomic E-state index is -1.44. The molecule has 2 amide bonds. The highest BCUT2D eigenvalue weighted by molar-refractivity contribution is 6.31. The Labute approximate surface area is 221 Å². The van der Waals surface area contributed by atoms with Crippen molar-refractivity contribution in [2.24, 2.45) is 0 Å². The van der Waals surface area contributed by atoms with E-state index in [0.717, 1.165) is 27.8 Å². The number of fused-ring (bicyclic) bond motifs is 3. The number of nitrogens with zero attached hydrogens (tertiary/aromatic N) is 5. The van der Waals surface area contributed by atoms with Crippen LogP contribution in [0.3, 0.4) is 0 Å². The minimum Gasteiger partial charge on any atom is -0.381 e. The second-order valence-corrected chi connectivity index (χ2v) is 10.9. The number of aryl methyl sites for hydroxylation is 1. The van der Waals surface area contributed by atoms with Crippen molar-refractivity contribution in [2.75, 3.05) is 18.0 Å². The van der Waals surface area contributed by atoms with Crippen LogP contribution in [-0.4, -0.2) is 50.1 Å². The van der Waals surface area contributed by atoms with Crippen molar-refractivity contribution >= 4 is 40.0 Å². The number of unbranched alkanes of at least 4 members (excludes halogenated alkanes) is 1. The Morgan fingerprint density at radius 1 is 1.24 bits per heavy atom. The number of hydrogen-bond donors (Lipinski definition) is 1. The maximum Gasteiger partial charge on any atom is 0.253 e. The number of aromatic nitrogens is 2. The number of halogens is 1. The Balaban J connectivity index is 1.48. The summed E-state index contributed by atoms with van der Waals surface area (Å²) in [5.41, 5.74) is 1.54. The van der Waals surface area contributed by atoms with E-state index in [-0.39, 0.29) is 11.8 Å². The van der Waals surface area contributed by atoms with Gasteiger partial charge < -0.3 is 19.5 Å². The molecule has 0 aliphatic carbocycles. The molecule has 37 heavy (non-hydrogen) atoms. The number of benzene rings is 1. The number of hydrogen-bond acceptors (Lipinski definition) is 5. The van der Waals surface area contributed by atoms with Gasteiger partial charge in [-0.05, 0) is 69.0 Å². The summed E-state index contributed by atoms with van der Waals surface area (Å²) < 4.78 is 2.17. The average Bonchev–Trinajstić information content (AvgIpc) is 3.32. The molecule has 1 spiro atoms. The van der Waals surface area contributed by atoms with E-state index in [2.05, 4.69) is 21.7 Å². The number of piperidine rings is 1. The van der Waals surface area contributed by atoms with Gasteiger partial charge in [0.15, 0.2) is 0 Å². The largest absolute Gasteiger partial charge is 0.381 e. The van der Waals surface area contributed by atoms with Gasteiger partial charge in [-0.3, -0.25) is 14.6 Å². The maximum absolute atomic E-state index is 14.1. The van der Waals surface area contributed by atoms with Crippen LogP contribution in [0.1, 0.15) is 50.8 Å². The molecule has 2 aliphatic rings. The van der Waals surface area contributed by atoms with Crippen molar-refractivity contribution in [2.45, 2.75) is 63.6 Å². The molecule has 1 fully saturated rings. The number of anilines is 1. The second kappa shape index (κ2) is 9.47. The number of carbonyl (C=O) groups excluding carboxylic acids is 2. The number of amides is 2. The van der Waals surface area contributed by atoms with E-state index in [4.69, 9.17) is 16.9 Å². The van der Waals surface area contributed by atoms with Gasteiger partial charge in [0.25, 0.3) is 5.91 Å². The van der Waals surface area contributed by atoms with Gasteiger partial charge in [-0.1, -0.05) is 11.6 Å². The summed E-state index contributed by atoms with van der Waals surface area (Å²) in [6.45, 7) is 4.81.